The Balaban J connectivity index is 0. The molecule has 2 heteroatoms. The second-order valence-electron chi connectivity index (χ2n) is 3.53. The molecule has 0 saturated carbocycles. The lowest BCUT2D eigenvalue weighted by atomic mass is 9.89. The van der Waals surface area contributed by atoms with Gasteiger partial charge in [-0.25, -0.2) is 0 Å². The summed E-state index contributed by atoms with van der Waals surface area (Å²) in [6, 6.07) is 7.52. The van der Waals surface area contributed by atoms with E-state index in [1.54, 1.807) is 0 Å². The summed E-state index contributed by atoms with van der Waals surface area (Å²) < 4.78 is 0. The van der Waals surface area contributed by atoms with Gasteiger partial charge in [-0.05, 0) is 17.5 Å². The molecule has 0 aliphatic carbocycles. The standard InChI is InChI=1S/C11H15NO.2C2H6/c1-8(2)10(7-13)9-5-3-4-6-11(9)12;2*1-2/h3-8,10H,12H2,1-2H3;2*1-2H3. The van der Waals surface area contributed by atoms with Gasteiger partial charge in [0.05, 0.1) is 0 Å². The Morgan fingerprint density at radius 2 is 1.53 bits per heavy atom. The summed E-state index contributed by atoms with van der Waals surface area (Å²) in [5.41, 5.74) is 7.42. The highest BCUT2D eigenvalue weighted by Crippen LogP contribution is 2.26. The molecule has 1 atom stereocenters. The van der Waals surface area contributed by atoms with E-state index >= 15 is 0 Å². The van der Waals surface area contributed by atoms with Crippen molar-refractivity contribution in [3.63, 3.8) is 0 Å². The average Bonchev–Trinajstić information content (AvgIpc) is 2.37. The Bertz CT molecular complexity index is 295. The van der Waals surface area contributed by atoms with E-state index in [0.29, 0.717) is 11.6 Å². The SMILES string of the molecule is CC.CC.CC(C)C(C=O)c1ccccc1N. The van der Waals surface area contributed by atoms with Crippen molar-refractivity contribution in [2.75, 3.05) is 5.73 Å². The van der Waals surface area contributed by atoms with E-state index in [1.807, 2.05) is 65.8 Å². The van der Waals surface area contributed by atoms with E-state index < -0.39 is 0 Å². The first-order chi connectivity index (χ1) is 8.16. The third kappa shape index (κ3) is 6.10. The molecule has 0 spiro atoms. The van der Waals surface area contributed by atoms with Gasteiger partial charge >= 0.3 is 0 Å². The Morgan fingerprint density at radius 1 is 1.06 bits per heavy atom. The molecule has 0 fully saturated rings. The van der Waals surface area contributed by atoms with E-state index in [-0.39, 0.29) is 5.92 Å². The van der Waals surface area contributed by atoms with Gasteiger partial charge in [0.15, 0.2) is 0 Å². The van der Waals surface area contributed by atoms with Gasteiger partial charge in [0.1, 0.15) is 6.29 Å². The molecule has 17 heavy (non-hydrogen) atoms. The summed E-state index contributed by atoms with van der Waals surface area (Å²) in [5.74, 6) is 0.211. The highest BCUT2D eigenvalue weighted by atomic mass is 16.1. The molecule has 0 aliphatic rings. The van der Waals surface area contributed by atoms with Crippen molar-refractivity contribution in [1.29, 1.82) is 0 Å². The second kappa shape index (κ2) is 11.2. The number of carbonyl (C=O) groups is 1. The van der Waals surface area contributed by atoms with E-state index in [0.717, 1.165) is 11.8 Å². The first-order valence-corrected chi connectivity index (χ1v) is 6.46. The molecule has 0 amide bonds. The quantitative estimate of drug-likeness (QED) is 0.630. The summed E-state index contributed by atoms with van der Waals surface area (Å²) in [4.78, 5) is 10.8. The van der Waals surface area contributed by atoms with Crippen LogP contribution in [0.3, 0.4) is 0 Å². The van der Waals surface area contributed by atoms with Crippen LogP contribution in [0.1, 0.15) is 53.0 Å². The van der Waals surface area contributed by atoms with Crippen molar-refractivity contribution in [3.05, 3.63) is 29.8 Å². The summed E-state index contributed by atoms with van der Waals surface area (Å²) >= 11 is 0. The number of hydrogen-bond acceptors (Lipinski definition) is 2. The molecule has 0 bridgehead atoms. The van der Waals surface area contributed by atoms with Gasteiger partial charge in [-0.15, -0.1) is 0 Å². The number of carbonyl (C=O) groups excluding carboxylic acids is 1. The number of hydrogen-bond donors (Lipinski definition) is 1. The molecule has 0 heterocycles. The van der Waals surface area contributed by atoms with Crippen LogP contribution in [0.15, 0.2) is 24.3 Å². The van der Waals surface area contributed by atoms with E-state index in [2.05, 4.69) is 0 Å². The number of rotatable bonds is 3. The molecule has 2 N–H and O–H groups in total. The lowest BCUT2D eigenvalue weighted by molar-refractivity contribution is -0.109. The van der Waals surface area contributed by atoms with Gasteiger partial charge in [0.2, 0.25) is 0 Å². The highest BCUT2D eigenvalue weighted by Gasteiger charge is 2.16. The molecule has 1 aromatic carbocycles. The largest absolute Gasteiger partial charge is 0.398 e. The Hall–Kier alpha value is -1.31. The predicted molar refractivity (Wildman–Crippen MR) is 77.2 cm³/mol. The second-order valence-corrected chi connectivity index (χ2v) is 3.53. The van der Waals surface area contributed by atoms with Crippen molar-refractivity contribution in [2.45, 2.75) is 47.5 Å². The number of anilines is 1. The summed E-state index contributed by atoms with van der Waals surface area (Å²) in [7, 11) is 0. The fourth-order valence-corrected chi connectivity index (χ4v) is 1.40. The summed E-state index contributed by atoms with van der Waals surface area (Å²) in [6.45, 7) is 12.0. The van der Waals surface area contributed by atoms with Gasteiger partial charge in [0, 0.05) is 11.6 Å². The van der Waals surface area contributed by atoms with Crippen LogP contribution in [0.2, 0.25) is 0 Å². The number of para-hydroxylation sites is 1. The maximum Gasteiger partial charge on any atom is 0.127 e. The maximum atomic E-state index is 10.8. The lowest BCUT2D eigenvalue weighted by Gasteiger charge is -2.16. The molecule has 0 saturated heterocycles. The minimum absolute atomic E-state index is 0.0822. The highest BCUT2D eigenvalue weighted by molar-refractivity contribution is 5.67. The van der Waals surface area contributed by atoms with Crippen LogP contribution in [-0.2, 0) is 4.79 Å². The van der Waals surface area contributed by atoms with Crippen molar-refractivity contribution in [1.82, 2.24) is 0 Å². The number of nitrogens with two attached hydrogens (primary N) is 1. The third-order valence-electron chi connectivity index (χ3n) is 2.22. The van der Waals surface area contributed by atoms with Gasteiger partial charge < -0.3 is 10.5 Å². The van der Waals surface area contributed by atoms with Crippen molar-refractivity contribution in [3.8, 4) is 0 Å². The van der Waals surface area contributed by atoms with Gasteiger partial charge in [-0.3, -0.25) is 0 Å². The predicted octanol–water partition coefficient (Wildman–Crippen LogP) is 4.26. The maximum absolute atomic E-state index is 10.8. The molecule has 1 rings (SSSR count). The monoisotopic (exact) mass is 237 g/mol. The topological polar surface area (TPSA) is 43.1 Å². The van der Waals surface area contributed by atoms with Crippen LogP contribution in [0.25, 0.3) is 0 Å². The molecule has 98 valence electrons. The van der Waals surface area contributed by atoms with Crippen LogP contribution >= 0.6 is 0 Å². The minimum atomic E-state index is -0.0822. The fraction of sp³-hybridized carbons (Fsp3) is 0.533. The Kier molecular flexibility index (Phi) is 11.9. The molecule has 1 aromatic rings. The van der Waals surface area contributed by atoms with Crippen molar-refractivity contribution < 1.29 is 4.79 Å². The molecular formula is C15H27NO. The van der Waals surface area contributed by atoms with Crippen LogP contribution < -0.4 is 5.73 Å². The zero-order chi connectivity index (χ0) is 13.8. The first-order valence-electron chi connectivity index (χ1n) is 6.46. The van der Waals surface area contributed by atoms with Crippen molar-refractivity contribution in [2.24, 2.45) is 5.92 Å². The number of nitrogen functional groups attached to an aromatic ring is 1. The van der Waals surface area contributed by atoms with E-state index in [1.165, 1.54) is 0 Å². The lowest BCUT2D eigenvalue weighted by Crippen LogP contribution is -2.10. The Morgan fingerprint density at radius 3 is 1.88 bits per heavy atom. The van der Waals surface area contributed by atoms with Gasteiger partial charge in [-0.1, -0.05) is 59.7 Å². The molecule has 2 nitrogen and oxygen atoms in total. The Labute approximate surface area is 106 Å². The summed E-state index contributed by atoms with van der Waals surface area (Å²) in [6.07, 6.45) is 0.969. The molecule has 0 aromatic heterocycles. The zero-order valence-corrected chi connectivity index (χ0v) is 12.0. The minimum Gasteiger partial charge on any atom is -0.398 e. The van der Waals surface area contributed by atoms with Gasteiger partial charge in [-0.2, -0.15) is 0 Å². The molecule has 0 radical (unpaired) electrons. The first kappa shape index (κ1) is 18.1. The normalized spacial score (nSPS) is 10.5. The molecular weight excluding hydrogens is 210 g/mol. The number of aldehydes is 1. The molecule has 0 aliphatic heterocycles. The van der Waals surface area contributed by atoms with Crippen LogP contribution in [-0.4, -0.2) is 6.29 Å². The van der Waals surface area contributed by atoms with Crippen LogP contribution in [0, 0.1) is 5.92 Å². The summed E-state index contributed by atoms with van der Waals surface area (Å²) in [5, 5.41) is 0. The smallest absolute Gasteiger partial charge is 0.127 e. The fourth-order valence-electron chi connectivity index (χ4n) is 1.40. The van der Waals surface area contributed by atoms with E-state index in [4.69, 9.17) is 5.73 Å². The number of benzene rings is 1. The van der Waals surface area contributed by atoms with Crippen LogP contribution in [0.4, 0.5) is 5.69 Å². The van der Waals surface area contributed by atoms with Gasteiger partial charge in [0.25, 0.3) is 0 Å². The van der Waals surface area contributed by atoms with Crippen molar-refractivity contribution >= 4 is 12.0 Å². The molecule has 1 unspecified atom stereocenters. The zero-order valence-electron chi connectivity index (χ0n) is 12.0. The third-order valence-corrected chi connectivity index (χ3v) is 2.22. The average molecular weight is 237 g/mol. The van der Waals surface area contributed by atoms with E-state index in [9.17, 15) is 4.79 Å². The van der Waals surface area contributed by atoms with Crippen LogP contribution in [0.5, 0.6) is 0 Å².